The van der Waals surface area contributed by atoms with Crippen molar-refractivity contribution in [1.29, 1.82) is 0 Å². The van der Waals surface area contributed by atoms with Crippen molar-refractivity contribution in [3.05, 3.63) is 23.9 Å². The molecule has 7 nitrogen and oxygen atoms in total. The summed E-state index contributed by atoms with van der Waals surface area (Å²) in [5, 5.41) is 6.99. The number of pyridine rings is 1. The highest BCUT2D eigenvalue weighted by Gasteiger charge is 2.26. The highest BCUT2D eigenvalue weighted by Crippen LogP contribution is 2.28. The Labute approximate surface area is 210 Å². The molecule has 2 fully saturated rings. The summed E-state index contributed by atoms with van der Waals surface area (Å²) in [5.74, 6) is 2.34. The quantitative estimate of drug-likeness (QED) is 0.257. The van der Waals surface area contributed by atoms with Gasteiger partial charge in [-0.15, -0.1) is 24.0 Å². The summed E-state index contributed by atoms with van der Waals surface area (Å²) in [4.78, 5) is 22.9. The number of anilines is 1. The molecular weight excluding hydrogens is 515 g/mol. The molecule has 1 saturated carbocycles. The number of amides is 1. The van der Waals surface area contributed by atoms with Crippen LogP contribution in [0.15, 0.2) is 23.3 Å². The number of rotatable bonds is 8. The number of carbonyl (C=O) groups excluding carboxylic acids is 1. The van der Waals surface area contributed by atoms with Crippen molar-refractivity contribution in [1.82, 2.24) is 15.6 Å². The topological polar surface area (TPSA) is 95.6 Å². The lowest BCUT2D eigenvalue weighted by Gasteiger charge is -2.33. The van der Waals surface area contributed by atoms with E-state index < -0.39 is 0 Å². The standard InChI is InChI=1S/C24H40N6O.HI/c1-18(12-13-19-8-4-3-5-9-19)29-24(26-2)28-16-20-10-6-14-27-23(20)30-15-7-11-21(17-30)22(25)31;/h6,10,14,18-19,21H,3-5,7-9,11-13,15-17H2,1-2H3,(H2,25,31)(H2,26,28,29);1H. The number of nitrogens with zero attached hydrogens (tertiary/aromatic N) is 3. The Kier molecular flexibility index (Phi) is 11.5. The van der Waals surface area contributed by atoms with Gasteiger partial charge in [0, 0.05) is 44.5 Å². The molecule has 2 atom stereocenters. The van der Waals surface area contributed by atoms with E-state index in [1.54, 1.807) is 0 Å². The molecule has 1 aromatic rings. The van der Waals surface area contributed by atoms with E-state index in [9.17, 15) is 4.79 Å². The fourth-order valence-electron chi connectivity index (χ4n) is 4.90. The highest BCUT2D eigenvalue weighted by molar-refractivity contribution is 14.0. The van der Waals surface area contributed by atoms with Crippen LogP contribution in [0.2, 0.25) is 0 Å². The fraction of sp³-hybridized carbons (Fsp3) is 0.708. The molecule has 4 N–H and O–H groups in total. The van der Waals surface area contributed by atoms with Gasteiger partial charge in [-0.05, 0) is 44.6 Å². The summed E-state index contributed by atoms with van der Waals surface area (Å²) in [6, 6.07) is 4.43. The fourth-order valence-corrected chi connectivity index (χ4v) is 4.90. The first-order chi connectivity index (χ1) is 15.1. The molecule has 1 saturated heterocycles. The lowest BCUT2D eigenvalue weighted by Crippen LogP contribution is -2.43. The number of nitrogens with one attached hydrogen (secondary N) is 2. The predicted molar refractivity (Wildman–Crippen MR) is 142 cm³/mol. The maximum atomic E-state index is 11.7. The van der Waals surface area contributed by atoms with E-state index in [1.807, 2.05) is 19.3 Å². The van der Waals surface area contributed by atoms with E-state index in [0.29, 0.717) is 19.1 Å². The number of aromatic nitrogens is 1. The Bertz CT molecular complexity index is 737. The maximum absolute atomic E-state index is 11.7. The van der Waals surface area contributed by atoms with Crippen molar-refractivity contribution in [3.63, 3.8) is 0 Å². The Morgan fingerprint density at radius 3 is 2.78 bits per heavy atom. The molecule has 1 aliphatic heterocycles. The lowest BCUT2D eigenvalue weighted by molar-refractivity contribution is -0.122. The van der Waals surface area contributed by atoms with Crippen LogP contribution in [0.25, 0.3) is 0 Å². The molecule has 0 aromatic carbocycles. The third kappa shape index (κ3) is 8.08. The molecule has 0 spiro atoms. The van der Waals surface area contributed by atoms with Crippen molar-refractivity contribution in [2.75, 3.05) is 25.0 Å². The zero-order valence-corrected chi connectivity index (χ0v) is 22.0. The van der Waals surface area contributed by atoms with Gasteiger partial charge >= 0.3 is 0 Å². The first-order valence-electron chi connectivity index (χ1n) is 12.0. The van der Waals surface area contributed by atoms with E-state index in [0.717, 1.165) is 42.6 Å². The first kappa shape index (κ1) is 26.7. The van der Waals surface area contributed by atoms with Gasteiger partial charge < -0.3 is 21.3 Å². The average molecular weight is 557 g/mol. The number of nitrogens with two attached hydrogens (primary N) is 1. The first-order valence-corrected chi connectivity index (χ1v) is 12.0. The van der Waals surface area contributed by atoms with Crippen molar-refractivity contribution in [2.45, 2.75) is 77.3 Å². The summed E-state index contributed by atoms with van der Waals surface area (Å²) in [6.45, 7) is 4.42. The highest BCUT2D eigenvalue weighted by atomic mass is 127. The Morgan fingerprint density at radius 2 is 2.06 bits per heavy atom. The molecule has 2 unspecified atom stereocenters. The van der Waals surface area contributed by atoms with Crippen LogP contribution in [0.1, 0.15) is 70.3 Å². The van der Waals surface area contributed by atoms with Crippen LogP contribution < -0.4 is 21.3 Å². The van der Waals surface area contributed by atoms with E-state index in [2.05, 4.69) is 38.5 Å². The van der Waals surface area contributed by atoms with Gasteiger partial charge in [-0.2, -0.15) is 0 Å². The van der Waals surface area contributed by atoms with E-state index in [4.69, 9.17) is 5.73 Å². The Hall–Kier alpha value is -1.58. The summed E-state index contributed by atoms with van der Waals surface area (Å²) in [7, 11) is 1.81. The second-order valence-corrected chi connectivity index (χ2v) is 9.23. The third-order valence-electron chi connectivity index (χ3n) is 6.78. The number of aliphatic imine (C=N–C) groups is 1. The number of guanidine groups is 1. The SMILES string of the molecule is CN=C(NCc1cccnc1N1CCCC(C(N)=O)C1)NC(C)CCC1CCCCC1.I. The second kappa shape index (κ2) is 13.9. The minimum atomic E-state index is -0.216. The molecule has 2 aliphatic rings. The molecule has 1 aromatic heterocycles. The zero-order valence-electron chi connectivity index (χ0n) is 19.7. The average Bonchev–Trinajstić information content (AvgIpc) is 2.81. The largest absolute Gasteiger partial charge is 0.369 e. The maximum Gasteiger partial charge on any atom is 0.222 e. The van der Waals surface area contributed by atoms with Crippen molar-refractivity contribution in [3.8, 4) is 0 Å². The number of carbonyl (C=O) groups is 1. The summed E-state index contributed by atoms with van der Waals surface area (Å²) in [5.41, 5.74) is 6.66. The van der Waals surface area contributed by atoms with Crippen LogP contribution in [0.5, 0.6) is 0 Å². The van der Waals surface area contributed by atoms with Gasteiger partial charge in [0.25, 0.3) is 0 Å². The second-order valence-electron chi connectivity index (χ2n) is 9.23. The van der Waals surface area contributed by atoms with Gasteiger partial charge in [0.05, 0.1) is 5.92 Å². The van der Waals surface area contributed by atoms with Crippen LogP contribution in [-0.2, 0) is 11.3 Å². The van der Waals surface area contributed by atoms with Crippen LogP contribution in [-0.4, -0.2) is 43.0 Å². The molecule has 0 radical (unpaired) electrons. The lowest BCUT2D eigenvalue weighted by atomic mass is 9.85. The van der Waals surface area contributed by atoms with Crippen LogP contribution >= 0.6 is 24.0 Å². The minimum absolute atomic E-state index is 0. The van der Waals surface area contributed by atoms with Crippen LogP contribution in [0, 0.1) is 11.8 Å². The number of primary amides is 1. The van der Waals surface area contributed by atoms with Gasteiger partial charge in [0.2, 0.25) is 5.91 Å². The zero-order chi connectivity index (χ0) is 22.1. The van der Waals surface area contributed by atoms with Crippen LogP contribution in [0.3, 0.4) is 0 Å². The third-order valence-corrected chi connectivity index (χ3v) is 6.78. The molecule has 1 aliphatic carbocycles. The van der Waals surface area contributed by atoms with Crippen molar-refractivity contribution >= 4 is 41.7 Å². The predicted octanol–water partition coefficient (Wildman–Crippen LogP) is 3.82. The summed E-state index contributed by atoms with van der Waals surface area (Å²) < 4.78 is 0. The van der Waals surface area contributed by atoms with Gasteiger partial charge in [-0.1, -0.05) is 38.2 Å². The summed E-state index contributed by atoms with van der Waals surface area (Å²) >= 11 is 0. The molecular formula is C24H41IN6O. The molecule has 2 heterocycles. The van der Waals surface area contributed by atoms with Crippen LogP contribution in [0.4, 0.5) is 5.82 Å². The van der Waals surface area contributed by atoms with Gasteiger partial charge in [-0.25, -0.2) is 4.98 Å². The van der Waals surface area contributed by atoms with Crippen molar-refractivity contribution < 1.29 is 4.79 Å². The van der Waals surface area contributed by atoms with Crippen molar-refractivity contribution in [2.24, 2.45) is 22.6 Å². The van der Waals surface area contributed by atoms with E-state index >= 15 is 0 Å². The van der Waals surface area contributed by atoms with Gasteiger partial charge in [0.15, 0.2) is 5.96 Å². The Balaban J connectivity index is 0.00000363. The number of hydrogen-bond acceptors (Lipinski definition) is 4. The smallest absolute Gasteiger partial charge is 0.222 e. The van der Waals surface area contributed by atoms with Gasteiger partial charge in [0.1, 0.15) is 5.82 Å². The normalized spacial score (nSPS) is 20.9. The summed E-state index contributed by atoms with van der Waals surface area (Å²) in [6.07, 6.45) is 13.1. The number of halogens is 1. The monoisotopic (exact) mass is 556 g/mol. The molecule has 180 valence electrons. The number of hydrogen-bond donors (Lipinski definition) is 3. The molecule has 0 bridgehead atoms. The molecule has 1 amide bonds. The number of piperidine rings is 1. The molecule has 8 heteroatoms. The molecule has 3 rings (SSSR count). The van der Waals surface area contributed by atoms with E-state index in [-0.39, 0.29) is 35.8 Å². The van der Waals surface area contributed by atoms with Gasteiger partial charge in [-0.3, -0.25) is 9.79 Å². The molecule has 32 heavy (non-hydrogen) atoms. The minimum Gasteiger partial charge on any atom is -0.369 e. The Morgan fingerprint density at radius 1 is 1.28 bits per heavy atom. The van der Waals surface area contributed by atoms with E-state index in [1.165, 1.54) is 44.9 Å².